The third kappa shape index (κ3) is 4.09. The molecule has 3 amide bonds. The van der Waals surface area contributed by atoms with E-state index in [0.717, 1.165) is 44.9 Å². The van der Waals surface area contributed by atoms with Gasteiger partial charge in [0.25, 0.3) is 0 Å². The van der Waals surface area contributed by atoms with Crippen LogP contribution in [-0.2, 0) is 20.8 Å². The molecule has 2 aliphatic rings. The summed E-state index contributed by atoms with van der Waals surface area (Å²) in [7, 11) is 0. The van der Waals surface area contributed by atoms with Gasteiger partial charge in [-0.1, -0.05) is 49.6 Å². The summed E-state index contributed by atoms with van der Waals surface area (Å²) < 4.78 is 0. The van der Waals surface area contributed by atoms with E-state index in [-0.39, 0.29) is 30.7 Å². The molecule has 5 nitrogen and oxygen atoms in total. The summed E-state index contributed by atoms with van der Waals surface area (Å²) in [6.45, 7) is 0.417. The van der Waals surface area contributed by atoms with Gasteiger partial charge in [-0.05, 0) is 31.2 Å². The first-order valence-electron chi connectivity index (χ1n) is 9.26. The minimum atomic E-state index is -0.511. The number of amides is 3. The number of carbonyl (C=O) groups is 3. The lowest BCUT2D eigenvalue weighted by Gasteiger charge is -2.30. The van der Waals surface area contributed by atoms with E-state index in [4.69, 9.17) is 0 Å². The number of aryl methyl sites for hydroxylation is 1. The molecule has 1 aromatic rings. The molecule has 3 rings (SSSR count). The fourth-order valence-corrected chi connectivity index (χ4v) is 4.00. The van der Waals surface area contributed by atoms with Gasteiger partial charge in [0.1, 0.15) is 6.54 Å². The van der Waals surface area contributed by atoms with Crippen molar-refractivity contribution >= 4 is 17.7 Å². The molecule has 1 saturated heterocycles. The molecule has 1 heterocycles. The van der Waals surface area contributed by atoms with Gasteiger partial charge in [0.05, 0.1) is 5.41 Å². The van der Waals surface area contributed by atoms with E-state index >= 15 is 0 Å². The lowest BCUT2D eigenvalue weighted by Crippen LogP contribution is -2.43. The number of hydrogen-bond donors (Lipinski definition) is 1. The van der Waals surface area contributed by atoms with Crippen LogP contribution in [0, 0.1) is 5.41 Å². The molecule has 1 aliphatic heterocycles. The van der Waals surface area contributed by atoms with Crippen LogP contribution in [0.4, 0.5) is 0 Å². The van der Waals surface area contributed by atoms with Crippen molar-refractivity contribution in [3.63, 3.8) is 0 Å². The fourth-order valence-electron chi connectivity index (χ4n) is 4.00. The monoisotopic (exact) mass is 342 g/mol. The van der Waals surface area contributed by atoms with Gasteiger partial charge in [0.15, 0.2) is 0 Å². The highest BCUT2D eigenvalue weighted by molar-refractivity contribution is 6.08. The Labute approximate surface area is 148 Å². The highest BCUT2D eigenvalue weighted by Crippen LogP contribution is 2.45. The van der Waals surface area contributed by atoms with Crippen molar-refractivity contribution in [2.45, 2.75) is 51.4 Å². The Morgan fingerprint density at radius 3 is 2.52 bits per heavy atom. The van der Waals surface area contributed by atoms with E-state index < -0.39 is 5.41 Å². The Bertz CT molecular complexity index is 636. The smallest absolute Gasteiger partial charge is 0.240 e. The molecular weight excluding hydrogens is 316 g/mol. The number of carbonyl (C=O) groups excluding carboxylic acids is 3. The van der Waals surface area contributed by atoms with Crippen LogP contribution < -0.4 is 5.32 Å². The molecule has 25 heavy (non-hydrogen) atoms. The average molecular weight is 342 g/mol. The molecule has 1 aromatic carbocycles. The fraction of sp³-hybridized carbons (Fsp3) is 0.550. The predicted octanol–water partition coefficient (Wildman–Crippen LogP) is 2.44. The molecule has 1 aliphatic carbocycles. The highest BCUT2D eigenvalue weighted by atomic mass is 16.2. The standard InChI is InChI=1S/C20H26N2O3/c23-17(21-13-7-10-16-8-3-1-4-9-16)15-22-18(24)14-20(19(22)25)11-5-2-6-12-20/h1,3-4,8-9H,2,5-7,10-15H2,(H,21,23). The van der Waals surface area contributed by atoms with Gasteiger partial charge in [0, 0.05) is 13.0 Å². The third-order valence-corrected chi connectivity index (χ3v) is 5.41. The van der Waals surface area contributed by atoms with E-state index in [1.807, 2.05) is 18.2 Å². The van der Waals surface area contributed by atoms with Gasteiger partial charge >= 0.3 is 0 Å². The Balaban J connectivity index is 1.44. The van der Waals surface area contributed by atoms with E-state index in [0.29, 0.717) is 6.54 Å². The topological polar surface area (TPSA) is 66.5 Å². The van der Waals surface area contributed by atoms with Crippen molar-refractivity contribution in [1.82, 2.24) is 10.2 Å². The molecule has 0 bridgehead atoms. The second kappa shape index (κ2) is 7.81. The van der Waals surface area contributed by atoms with Gasteiger partial charge in [-0.2, -0.15) is 0 Å². The Hall–Kier alpha value is -2.17. The van der Waals surface area contributed by atoms with Crippen molar-refractivity contribution in [1.29, 1.82) is 0 Å². The zero-order valence-electron chi connectivity index (χ0n) is 14.6. The first-order valence-corrected chi connectivity index (χ1v) is 9.26. The van der Waals surface area contributed by atoms with Crippen LogP contribution in [0.1, 0.15) is 50.5 Å². The number of imide groups is 1. The second-order valence-electron chi connectivity index (χ2n) is 7.24. The molecule has 5 heteroatoms. The first-order chi connectivity index (χ1) is 12.1. The highest BCUT2D eigenvalue weighted by Gasteiger charge is 2.51. The van der Waals surface area contributed by atoms with Gasteiger partial charge < -0.3 is 5.32 Å². The van der Waals surface area contributed by atoms with Gasteiger partial charge in [-0.15, -0.1) is 0 Å². The van der Waals surface area contributed by atoms with Gasteiger partial charge in [0.2, 0.25) is 17.7 Å². The van der Waals surface area contributed by atoms with Crippen LogP contribution in [-0.4, -0.2) is 35.7 Å². The third-order valence-electron chi connectivity index (χ3n) is 5.41. The predicted molar refractivity (Wildman–Crippen MR) is 94.6 cm³/mol. The quantitative estimate of drug-likeness (QED) is 0.638. The molecule has 0 unspecified atom stereocenters. The van der Waals surface area contributed by atoms with E-state index in [1.165, 1.54) is 10.5 Å². The summed E-state index contributed by atoms with van der Waals surface area (Å²) in [4.78, 5) is 38.2. The van der Waals surface area contributed by atoms with Crippen LogP contribution in [0.25, 0.3) is 0 Å². The van der Waals surface area contributed by atoms with Crippen LogP contribution in [0.3, 0.4) is 0 Å². The summed E-state index contributed by atoms with van der Waals surface area (Å²) in [6.07, 6.45) is 6.71. The van der Waals surface area contributed by atoms with Crippen LogP contribution in [0.2, 0.25) is 0 Å². The largest absolute Gasteiger partial charge is 0.355 e. The van der Waals surface area contributed by atoms with Crippen molar-refractivity contribution in [3.8, 4) is 0 Å². The van der Waals surface area contributed by atoms with Crippen molar-refractivity contribution in [2.24, 2.45) is 5.41 Å². The zero-order valence-corrected chi connectivity index (χ0v) is 14.6. The zero-order chi connectivity index (χ0) is 17.7. The Kier molecular flexibility index (Phi) is 5.51. The summed E-state index contributed by atoms with van der Waals surface area (Å²) >= 11 is 0. The SMILES string of the molecule is O=C(CN1C(=O)CC2(CCCCC2)C1=O)NCCCc1ccccc1. The molecule has 1 saturated carbocycles. The number of hydrogen-bond acceptors (Lipinski definition) is 3. The molecule has 0 atom stereocenters. The lowest BCUT2D eigenvalue weighted by molar-refractivity contribution is -0.145. The molecule has 1 N–H and O–H groups in total. The van der Waals surface area contributed by atoms with Gasteiger partial charge in [-0.25, -0.2) is 0 Å². The maximum absolute atomic E-state index is 12.7. The second-order valence-corrected chi connectivity index (χ2v) is 7.24. The van der Waals surface area contributed by atoms with Crippen LogP contribution in [0.5, 0.6) is 0 Å². The van der Waals surface area contributed by atoms with Crippen molar-refractivity contribution in [3.05, 3.63) is 35.9 Å². The van der Waals surface area contributed by atoms with E-state index in [2.05, 4.69) is 17.4 Å². The lowest BCUT2D eigenvalue weighted by atomic mass is 9.73. The molecular formula is C20H26N2O3. The van der Waals surface area contributed by atoms with Crippen LogP contribution in [0.15, 0.2) is 30.3 Å². The first kappa shape index (κ1) is 17.6. The normalized spacial score (nSPS) is 19.4. The average Bonchev–Trinajstić information content (AvgIpc) is 2.84. The number of likely N-dealkylation sites (tertiary alicyclic amines) is 1. The molecule has 134 valence electrons. The van der Waals surface area contributed by atoms with Gasteiger partial charge in [-0.3, -0.25) is 19.3 Å². The van der Waals surface area contributed by atoms with Crippen LogP contribution >= 0.6 is 0 Å². The van der Waals surface area contributed by atoms with Crippen molar-refractivity contribution in [2.75, 3.05) is 13.1 Å². The summed E-state index contributed by atoms with van der Waals surface area (Å²) in [6, 6.07) is 10.1. The Morgan fingerprint density at radius 1 is 1.08 bits per heavy atom. The maximum Gasteiger partial charge on any atom is 0.240 e. The molecule has 1 spiro atoms. The number of benzene rings is 1. The summed E-state index contributed by atoms with van der Waals surface area (Å²) in [5.74, 6) is -0.564. The number of rotatable bonds is 6. The summed E-state index contributed by atoms with van der Waals surface area (Å²) in [5, 5.41) is 2.83. The number of nitrogens with one attached hydrogen (secondary N) is 1. The van der Waals surface area contributed by atoms with Crippen molar-refractivity contribution < 1.29 is 14.4 Å². The minimum absolute atomic E-state index is 0.128. The van der Waals surface area contributed by atoms with E-state index in [1.54, 1.807) is 0 Å². The molecule has 2 fully saturated rings. The maximum atomic E-state index is 12.7. The molecule has 0 aromatic heterocycles. The minimum Gasteiger partial charge on any atom is -0.355 e. The number of nitrogens with zero attached hydrogens (tertiary/aromatic N) is 1. The summed E-state index contributed by atoms with van der Waals surface area (Å²) in [5.41, 5.74) is 0.726. The van der Waals surface area contributed by atoms with E-state index in [9.17, 15) is 14.4 Å². The molecule has 0 radical (unpaired) electrons. The Morgan fingerprint density at radius 2 is 1.80 bits per heavy atom.